The molecule has 1 aromatic carbocycles. The van der Waals surface area contributed by atoms with Crippen LogP contribution >= 0.6 is 11.8 Å². The van der Waals surface area contributed by atoms with E-state index in [0.29, 0.717) is 6.54 Å². The quantitative estimate of drug-likeness (QED) is 0.689. The van der Waals surface area contributed by atoms with Crippen LogP contribution in [-0.2, 0) is 11.0 Å². The summed E-state index contributed by atoms with van der Waals surface area (Å²) in [5.41, 5.74) is 4.89. The Kier molecular flexibility index (Phi) is 6.04. The minimum atomic E-state index is -4.55. The van der Waals surface area contributed by atoms with Crippen molar-refractivity contribution in [3.63, 3.8) is 0 Å². The number of halogens is 3. The second-order valence-corrected chi connectivity index (χ2v) is 7.26. The van der Waals surface area contributed by atoms with E-state index in [0.717, 1.165) is 40.9 Å². The van der Waals surface area contributed by atoms with Crippen molar-refractivity contribution in [2.24, 2.45) is 0 Å². The molecule has 1 fully saturated rings. The summed E-state index contributed by atoms with van der Waals surface area (Å²) in [5.74, 6) is -0.970. The molecule has 0 radical (unpaired) electrons. The molecule has 1 saturated heterocycles. The van der Waals surface area contributed by atoms with Gasteiger partial charge in [0.25, 0.3) is 0 Å². The summed E-state index contributed by atoms with van der Waals surface area (Å²) in [6.07, 6.45) is -4.55. The van der Waals surface area contributed by atoms with Gasteiger partial charge in [-0.25, -0.2) is 9.78 Å². The molecular weight excluding hydrogens is 433 g/mol. The molecule has 1 aromatic heterocycles. The number of aromatic nitrogens is 1. The maximum absolute atomic E-state index is 12.9. The number of hydrogen-bond acceptors (Lipinski definition) is 7. The highest BCUT2D eigenvalue weighted by molar-refractivity contribution is 8.00. The fourth-order valence-corrected chi connectivity index (χ4v) is 3.81. The largest absolute Gasteiger partial charge is 0.416 e. The molecule has 3 rings (SSSR count). The van der Waals surface area contributed by atoms with E-state index in [2.05, 4.69) is 10.3 Å². The second kappa shape index (κ2) is 8.53. The summed E-state index contributed by atoms with van der Waals surface area (Å²) in [5, 5.41) is 21.7. The summed E-state index contributed by atoms with van der Waals surface area (Å²) < 4.78 is 38.6. The Morgan fingerprint density at radius 1 is 1.23 bits per heavy atom. The predicted molar refractivity (Wildman–Crippen MR) is 104 cm³/mol. The Bertz CT molecular complexity index is 1140. The zero-order valence-corrected chi connectivity index (χ0v) is 16.5. The smallest absolute Gasteiger partial charge is 0.383 e. The molecule has 0 atom stereocenters. The number of nitrogens with two attached hydrogens (primary N) is 1. The SMILES string of the molecule is N#Cc1c(N)nc(SCC(=O)N2CCNC2=O)c(C#N)c1-c1ccc(C(F)(F)F)cc1. The number of hydrogen-bond donors (Lipinski definition) is 2. The molecule has 0 bridgehead atoms. The highest BCUT2D eigenvalue weighted by Gasteiger charge is 2.31. The van der Waals surface area contributed by atoms with Gasteiger partial charge in [0.2, 0.25) is 5.91 Å². The van der Waals surface area contributed by atoms with Crippen LogP contribution in [0.25, 0.3) is 11.1 Å². The van der Waals surface area contributed by atoms with Crippen LogP contribution in [0.15, 0.2) is 29.3 Å². The number of imide groups is 1. The number of thioether (sulfide) groups is 1. The number of anilines is 1. The average Bonchev–Trinajstić information content (AvgIpc) is 3.16. The van der Waals surface area contributed by atoms with Crippen molar-refractivity contribution in [2.75, 3.05) is 24.6 Å². The van der Waals surface area contributed by atoms with E-state index in [1.165, 1.54) is 0 Å². The maximum Gasteiger partial charge on any atom is 0.416 e. The first-order chi connectivity index (χ1) is 14.7. The summed E-state index contributed by atoms with van der Waals surface area (Å²) in [6.45, 7) is 0.544. The van der Waals surface area contributed by atoms with E-state index in [-0.39, 0.29) is 45.4 Å². The van der Waals surface area contributed by atoms with Gasteiger partial charge < -0.3 is 11.1 Å². The number of carbonyl (C=O) groups excluding carboxylic acids is 2. The molecule has 0 aliphatic carbocycles. The molecule has 2 aromatic rings. The van der Waals surface area contributed by atoms with Crippen LogP contribution in [0.5, 0.6) is 0 Å². The number of benzene rings is 1. The van der Waals surface area contributed by atoms with Crippen molar-refractivity contribution < 1.29 is 22.8 Å². The van der Waals surface area contributed by atoms with Crippen LogP contribution < -0.4 is 11.1 Å². The molecule has 0 unspecified atom stereocenters. The third kappa shape index (κ3) is 4.39. The lowest BCUT2D eigenvalue weighted by Gasteiger charge is -2.15. The molecule has 2 heterocycles. The van der Waals surface area contributed by atoms with Crippen LogP contribution in [-0.4, -0.2) is 40.7 Å². The first-order valence-corrected chi connectivity index (χ1v) is 9.68. The number of urea groups is 1. The molecule has 3 N–H and O–H groups in total. The minimum Gasteiger partial charge on any atom is -0.383 e. The van der Waals surface area contributed by atoms with Crippen LogP contribution in [0.4, 0.5) is 23.8 Å². The minimum absolute atomic E-state index is 0.0279. The molecule has 1 aliphatic heterocycles. The third-order valence-corrected chi connectivity index (χ3v) is 5.37. The first kappa shape index (κ1) is 21.9. The van der Waals surface area contributed by atoms with Crippen molar-refractivity contribution in [3.8, 4) is 23.3 Å². The van der Waals surface area contributed by atoms with E-state index < -0.39 is 23.7 Å². The Morgan fingerprint density at radius 3 is 2.39 bits per heavy atom. The topological polar surface area (TPSA) is 136 Å². The van der Waals surface area contributed by atoms with Gasteiger partial charge in [0.1, 0.15) is 28.5 Å². The fraction of sp³-hybridized carbons (Fsp3) is 0.211. The summed E-state index contributed by atoms with van der Waals surface area (Å²) in [7, 11) is 0. The van der Waals surface area contributed by atoms with Gasteiger partial charge in [-0.1, -0.05) is 23.9 Å². The summed E-state index contributed by atoms with van der Waals surface area (Å²) in [6, 6.07) is 7.12. The number of amides is 3. The van der Waals surface area contributed by atoms with Crippen LogP contribution in [0, 0.1) is 22.7 Å². The highest BCUT2D eigenvalue weighted by Crippen LogP contribution is 2.37. The Balaban J connectivity index is 2.00. The first-order valence-electron chi connectivity index (χ1n) is 8.69. The number of nitrogen functional groups attached to an aromatic ring is 1. The molecule has 0 saturated carbocycles. The number of carbonyl (C=O) groups is 2. The molecule has 0 spiro atoms. The number of pyridine rings is 1. The molecular formula is C19H13F3N6O2S. The number of rotatable bonds is 4. The monoisotopic (exact) mass is 446 g/mol. The predicted octanol–water partition coefficient (Wildman–Crippen LogP) is 2.74. The molecule has 158 valence electrons. The molecule has 8 nitrogen and oxygen atoms in total. The zero-order chi connectivity index (χ0) is 22.8. The normalized spacial score (nSPS) is 13.5. The number of nitrogens with zero attached hydrogens (tertiary/aromatic N) is 4. The highest BCUT2D eigenvalue weighted by atomic mass is 32.2. The number of nitriles is 2. The van der Waals surface area contributed by atoms with E-state index in [1.807, 2.05) is 12.1 Å². The van der Waals surface area contributed by atoms with Crippen molar-refractivity contribution >= 4 is 29.5 Å². The number of alkyl halides is 3. The summed E-state index contributed by atoms with van der Waals surface area (Å²) in [4.78, 5) is 28.9. The lowest BCUT2D eigenvalue weighted by Crippen LogP contribution is -2.35. The van der Waals surface area contributed by atoms with Crippen LogP contribution in [0.1, 0.15) is 16.7 Å². The van der Waals surface area contributed by atoms with Gasteiger partial charge in [0.15, 0.2) is 0 Å². The lowest BCUT2D eigenvalue weighted by molar-refractivity contribution is -0.137. The molecule has 12 heteroatoms. The average molecular weight is 446 g/mol. The number of nitrogens with one attached hydrogen (secondary N) is 1. The van der Waals surface area contributed by atoms with Gasteiger partial charge in [-0.3, -0.25) is 9.69 Å². The van der Waals surface area contributed by atoms with E-state index in [9.17, 15) is 33.3 Å². The van der Waals surface area contributed by atoms with Crippen molar-refractivity contribution in [1.82, 2.24) is 15.2 Å². The van der Waals surface area contributed by atoms with Gasteiger partial charge in [-0.15, -0.1) is 0 Å². The molecule has 3 amide bonds. The maximum atomic E-state index is 12.9. The Hall–Kier alpha value is -3.77. The van der Waals surface area contributed by atoms with Gasteiger partial charge >= 0.3 is 12.2 Å². The third-order valence-electron chi connectivity index (χ3n) is 4.41. The van der Waals surface area contributed by atoms with Gasteiger partial charge in [0, 0.05) is 18.7 Å². The van der Waals surface area contributed by atoms with E-state index >= 15 is 0 Å². The van der Waals surface area contributed by atoms with Crippen LogP contribution in [0.2, 0.25) is 0 Å². The fourth-order valence-electron chi connectivity index (χ4n) is 2.93. The van der Waals surface area contributed by atoms with Crippen LogP contribution in [0.3, 0.4) is 0 Å². The molecule has 1 aliphatic rings. The van der Waals surface area contributed by atoms with E-state index in [1.54, 1.807) is 0 Å². The lowest BCUT2D eigenvalue weighted by atomic mass is 9.96. The van der Waals surface area contributed by atoms with Crippen molar-refractivity contribution in [1.29, 1.82) is 10.5 Å². The van der Waals surface area contributed by atoms with Gasteiger partial charge in [-0.2, -0.15) is 23.7 Å². The summed E-state index contributed by atoms with van der Waals surface area (Å²) >= 11 is 0.844. The molecule has 31 heavy (non-hydrogen) atoms. The van der Waals surface area contributed by atoms with E-state index in [4.69, 9.17) is 5.73 Å². The van der Waals surface area contributed by atoms with Gasteiger partial charge in [-0.05, 0) is 17.7 Å². The zero-order valence-electron chi connectivity index (χ0n) is 15.7. The Labute approximate surface area is 178 Å². The van der Waals surface area contributed by atoms with Gasteiger partial charge in [0.05, 0.1) is 16.9 Å². The van der Waals surface area contributed by atoms with Crippen molar-refractivity contribution in [2.45, 2.75) is 11.2 Å². The standard InChI is InChI=1S/C19H13F3N6O2S/c20-19(21,22)11-3-1-10(2-4-11)15-12(7-23)16(25)27-17(13(15)8-24)31-9-14(29)28-6-5-26-18(28)30/h1-4H,5-6,9H2,(H2,25,27)(H,26,30). The Morgan fingerprint density at radius 2 is 1.87 bits per heavy atom. The second-order valence-electron chi connectivity index (χ2n) is 6.29. The van der Waals surface area contributed by atoms with Crippen molar-refractivity contribution in [3.05, 3.63) is 41.0 Å².